The number of carbonyl (C=O) groups is 2. The second-order valence-corrected chi connectivity index (χ2v) is 6.86. The first-order chi connectivity index (χ1) is 12.1. The van der Waals surface area contributed by atoms with E-state index >= 15 is 0 Å². The molecule has 2 saturated heterocycles. The molecule has 6 nitrogen and oxygen atoms in total. The van der Waals surface area contributed by atoms with Crippen molar-refractivity contribution in [3.63, 3.8) is 0 Å². The zero-order valence-corrected chi connectivity index (χ0v) is 14.6. The molecule has 2 fully saturated rings. The van der Waals surface area contributed by atoms with Crippen molar-refractivity contribution in [3.8, 4) is 0 Å². The summed E-state index contributed by atoms with van der Waals surface area (Å²) in [5.41, 5.74) is 2.59. The molecule has 3 atom stereocenters. The summed E-state index contributed by atoms with van der Waals surface area (Å²) >= 11 is 0. The number of rotatable bonds is 6. The van der Waals surface area contributed by atoms with Gasteiger partial charge >= 0.3 is 5.97 Å². The number of carboxylic acids is 1. The number of carboxylic acid groups (broad SMARTS) is 1. The Morgan fingerprint density at radius 2 is 2.04 bits per heavy atom. The maximum atomic E-state index is 12.5. The lowest BCUT2D eigenvalue weighted by Gasteiger charge is -2.33. The minimum atomic E-state index is -1.05. The number of likely N-dealkylation sites (tertiary alicyclic amines) is 1. The number of benzene rings is 1. The van der Waals surface area contributed by atoms with Gasteiger partial charge in [-0.05, 0) is 30.5 Å². The molecule has 2 heterocycles. The largest absolute Gasteiger partial charge is 0.480 e. The fraction of sp³-hybridized carbons (Fsp3) is 0.579. The maximum Gasteiger partial charge on any atom is 0.329 e. The number of nitrogens with zero attached hydrogens (tertiary/aromatic N) is 1. The molecule has 2 aliphatic rings. The summed E-state index contributed by atoms with van der Waals surface area (Å²) in [4.78, 5) is 25.0. The Kier molecular flexibility index (Phi) is 5.71. The second-order valence-electron chi connectivity index (χ2n) is 6.86. The number of ether oxygens (including phenoxy) is 1. The van der Waals surface area contributed by atoms with E-state index in [1.807, 2.05) is 4.90 Å². The molecule has 25 heavy (non-hydrogen) atoms. The van der Waals surface area contributed by atoms with Gasteiger partial charge in [-0.15, -0.1) is 0 Å². The Morgan fingerprint density at radius 1 is 1.28 bits per heavy atom. The molecule has 0 saturated carbocycles. The van der Waals surface area contributed by atoms with E-state index in [0.717, 1.165) is 25.9 Å². The first-order valence-electron chi connectivity index (χ1n) is 8.98. The Labute approximate surface area is 148 Å². The molecule has 2 N–H and O–H groups in total. The minimum Gasteiger partial charge on any atom is -0.480 e. The molecular weight excluding hydrogens is 320 g/mol. The number of aryl methyl sites for hydroxylation is 1. The molecular formula is C19H26N2O4. The monoisotopic (exact) mass is 346 g/mol. The third kappa shape index (κ3) is 4.02. The van der Waals surface area contributed by atoms with Gasteiger partial charge < -0.3 is 20.1 Å². The van der Waals surface area contributed by atoms with Crippen LogP contribution in [0.25, 0.3) is 0 Å². The highest BCUT2D eigenvalue weighted by atomic mass is 16.5. The van der Waals surface area contributed by atoms with Gasteiger partial charge in [-0.2, -0.15) is 0 Å². The van der Waals surface area contributed by atoms with Gasteiger partial charge in [0, 0.05) is 31.0 Å². The van der Waals surface area contributed by atoms with Crippen LogP contribution in [-0.4, -0.2) is 60.8 Å². The number of piperidine rings is 1. The standard InChI is InChI=1S/C19H26N2O4/c1-2-13-3-5-14(6-4-13)16-10-21(17-7-8-20-9-15(16)17)18(22)11-25-12-19(23)24/h3-6,15-17,20H,2,7-12H2,1H3,(H,23,24)/t15-,16-,17-/m1/s1. The second kappa shape index (κ2) is 7.97. The van der Waals surface area contributed by atoms with Gasteiger partial charge in [0.2, 0.25) is 5.91 Å². The lowest BCUT2D eigenvalue weighted by atomic mass is 9.82. The van der Waals surface area contributed by atoms with E-state index in [4.69, 9.17) is 9.84 Å². The first kappa shape index (κ1) is 17.9. The number of fused-ring (bicyclic) bond motifs is 1. The number of hydrogen-bond acceptors (Lipinski definition) is 4. The van der Waals surface area contributed by atoms with Gasteiger partial charge in [-0.3, -0.25) is 4.79 Å². The van der Waals surface area contributed by atoms with Crippen molar-refractivity contribution in [2.24, 2.45) is 5.92 Å². The van der Waals surface area contributed by atoms with Crippen molar-refractivity contribution in [2.75, 3.05) is 32.8 Å². The van der Waals surface area contributed by atoms with E-state index < -0.39 is 12.6 Å². The number of carbonyl (C=O) groups excluding carboxylic acids is 1. The summed E-state index contributed by atoms with van der Waals surface area (Å²) in [5, 5.41) is 12.1. The van der Waals surface area contributed by atoms with Crippen LogP contribution in [0, 0.1) is 5.92 Å². The van der Waals surface area contributed by atoms with Gasteiger partial charge in [0.1, 0.15) is 13.2 Å². The number of aliphatic carboxylic acids is 1. The van der Waals surface area contributed by atoms with Crippen molar-refractivity contribution >= 4 is 11.9 Å². The summed E-state index contributed by atoms with van der Waals surface area (Å²) in [6.07, 6.45) is 1.95. The van der Waals surface area contributed by atoms with Crippen molar-refractivity contribution in [3.05, 3.63) is 35.4 Å². The van der Waals surface area contributed by atoms with Crippen LogP contribution in [0.1, 0.15) is 30.4 Å². The SMILES string of the molecule is CCc1ccc([C@H]2CN(C(=O)COCC(=O)O)[C@@H]3CCNC[C@H]23)cc1. The maximum absolute atomic E-state index is 12.5. The predicted octanol–water partition coefficient (Wildman–Crippen LogP) is 1.25. The van der Waals surface area contributed by atoms with Crippen LogP contribution >= 0.6 is 0 Å². The topological polar surface area (TPSA) is 78.9 Å². The molecule has 0 spiro atoms. The van der Waals surface area contributed by atoms with Crippen LogP contribution < -0.4 is 5.32 Å². The van der Waals surface area contributed by atoms with Crippen molar-refractivity contribution in [1.82, 2.24) is 10.2 Å². The highest BCUT2D eigenvalue weighted by molar-refractivity contribution is 5.79. The van der Waals surface area contributed by atoms with Crippen LogP contribution in [0.2, 0.25) is 0 Å². The molecule has 2 aliphatic heterocycles. The molecule has 3 rings (SSSR count). The number of hydrogen-bond donors (Lipinski definition) is 2. The average molecular weight is 346 g/mol. The van der Waals surface area contributed by atoms with Gasteiger partial charge in [0.05, 0.1) is 0 Å². The molecule has 0 bridgehead atoms. The highest BCUT2D eigenvalue weighted by Crippen LogP contribution is 2.39. The van der Waals surface area contributed by atoms with E-state index in [9.17, 15) is 9.59 Å². The molecule has 0 radical (unpaired) electrons. The van der Waals surface area contributed by atoms with Crippen molar-refractivity contribution in [2.45, 2.75) is 31.7 Å². The summed E-state index contributed by atoms with van der Waals surface area (Å²) in [6.45, 7) is 4.04. The Morgan fingerprint density at radius 3 is 2.72 bits per heavy atom. The third-order valence-corrected chi connectivity index (χ3v) is 5.39. The predicted molar refractivity (Wildman–Crippen MR) is 93.5 cm³/mol. The lowest BCUT2D eigenvalue weighted by Crippen LogP contribution is -2.47. The fourth-order valence-corrected chi connectivity index (χ4v) is 4.10. The molecule has 0 unspecified atom stereocenters. The molecule has 0 aromatic heterocycles. The number of amides is 1. The van der Waals surface area contributed by atoms with Crippen LogP contribution in [0.3, 0.4) is 0 Å². The first-order valence-corrected chi connectivity index (χ1v) is 8.98. The molecule has 1 aromatic rings. The fourth-order valence-electron chi connectivity index (χ4n) is 4.10. The third-order valence-electron chi connectivity index (χ3n) is 5.39. The Balaban J connectivity index is 1.72. The van der Waals surface area contributed by atoms with Gasteiger partial charge in [0.15, 0.2) is 0 Å². The lowest BCUT2D eigenvalue weighted by molar-refractivity contribution is -0.146. The summed E-state index contributed by atoms with van der Waals surface area (Å²) in [5.74, 6) is -0.453. The Hall–Kier alpha value is -1.92. The van der Waals surface area contributed by atoms with Crippen LogP contribution in [0.5, 0.6) is 0 Å². The van der Waals surface area contributed by atoms with Gasteiger partial charge in [-0.25, -0.2) is 4.79 Å². The van der Waals surface area contributed by atoms with E-state index in [-0.39, 0.29) is 18.6 Å². The van der Waals surface area contributed by atoms with Gasteiger partial charge in [-0.1, -0.05) is 31.2 Å². The summed E-state index contributed by atoms with van der Waals surface area (Å²) in [7, 11) is 0. The van der Waals surface area contributed by atoms with E-state index in [1.165, 1.54) is 11.1 Å². The minimum absolute atomic E-state index is 0.106. The van der Waals surface area contributed by atoms with Crippen molar-refractivity contribution < 1.29 is 19.4 Å². The molecule has 1 amide bonds. The van der Waals surface area contributed by atoms with E-state index in [0.29, 0.717) is 18.4 Å². The van der Waals surface area contributed by atoms with Crippen molar-refractivity contribution in [1.29, 1.82) is 0 Å². The smallest absolute Gasteiger partial charge is 0.329 e. The molecule has 6 heteroatoms. The summed E-state index contributed by atoms with van der Waals surface area (Å²) < 4.78 is 5.01. The molecule has 1 aromatic carbocycles. The zero-order chi connectivity index (χ0) is 17.8. The van der Waals surface area contributed by atoms with Gasteiger partial charge in [0.25, 0.3) is 0 Å². The Bertz CT molecular complexity index is 616. The summed E-state index contributed by atoms with van der Waals surface area (Å²) in [6, 6.07) is 8.91. The van der Waals surface area contributed by atoms with E-state index in [2.05, 4.69) is 36.5 Å². The quantitative estimate of drug-likeness (QED) is 0.811. The molecule has 0 aliphatic carbocycles. The van der Waals surface area contributed by atoms with Crippen LogP contribution in [0.4, 0.5) is 0 Å². The van der Waals surface area contributed by atoms with E-state index in [1.54, 1.807) is 0 Å². The highest BCUT2D eigenvalue weighted by Gasteiger charge is 2.45. The van der Waals surface area contributed by atoms with Crippen LogP contribution in [0.15, 0.2) is 24.3 Å². The number of nitrogens with one attached hydrogen (secondary N) is 1. The van der Waals surface area contributed by atoms with Crippen LogP contribution in [-0.2, 0) is 20.7 Å². The average Bonchev–Trinajstić information content (AvgIpc) is 3.01. The zero-order valence-electron chi connectivity index (χ0n) is 14.6. The molecule has 136 valence electrons. The normalized spacial score (nSPS) is 25.6.